The van der Waals surface area contributed by atoms with Crippen LogP contribution in [0.5, 0.6) is 0 Å². The number of rotatable bonds is 8. The number of ether oxygens (including phenoxy) is 1. The predicted molar refractivity (Wildman–Crippen MR) is 136 cm³/mol. The molecular formula is C27H29NO5S2. The maximum absolute atomic E-state index is 13.4. The van der Waals surface area contributed by atoms with Crippen molar-refractivity contribution >= 4 is 27.1 Å². The van der Waals surface area contributed by atoms with Gasteiger partial charge in [-0.3, -0.25) is 9.69 Å². The summed E-state index contributed by atoms with van der Waals surface area (Å²) in [5.41, 5.74) is 1.71. The smallest absolute Gasteiger partial charge is 0.311 e. The van der Waals surface area contributed by atoms with Gasteiger partial charge in [-0.2, -0.15) is 0 Å². The summed E-state index contributed by atoms with van der Waals surface area (Å²) in [5, 5.41) is 10.1. The van der Waals surface area contributed by atoms with Crippen LogP contribution in [-0.4, -0.2) is 56.4 Å². The van der Waals surface area contributed by atoms with Gasteiger partial charge in [0.05, 0.1) is 24.4 Å². The number of hydrogen-bond donors (Lipinski definition) is 1. The topological polar surface area (TPSA) is 83.9 Å². The van der Waals surface area contributed by atoms with E-state index in [2.05, 4.69) is 17.0 Å². The van der Waals surface area contributed by atoms with Crippen molar-refractivity contribution in [2.45, 2.75) is 23.6 Å². The molecule has 2 aliphatic rings. The fourth-order valence-corrected chi connectivity index (χ4v) is 8.66. The van der Waals surface area contributed by atoms with Crippen molar-refractivity contribution in [1.82, 2.24) is 4.90 Å². The molecule has 1 aliphatic heterocycles. The molecule has 0 spiro atoms. The standard InChI is InChI=1S/C27H29NO5S2/c1-19-25(21-7-3-2-4-8-21)27(19,26(29)30)18-35(31,32)24-11-10-23(34-24)22-9-5-6-20(16-22)17-28-12-14-33-15-13-28/h2-11,16,19,25H,12-15,17-18H2,1H3,(H,29,30)/t19?,25-,27?/m0/s1. The van der Waals surface area contributed by atoms with E-state index in [9.17, 15) is 18.3 Å². The van der Waals surface area contributed by atoms with E-state index in [1.165, 1.54) is 16.9 Å². The van der Waals surface area contributed by atoms with Crippen LogP contribution in [0.4, 0.5) is 0 Å². The van der Waals surface area contributed by atoms with E-state index in [0.29, 0.717) is 0 Å². The van der Waals surface area contributed by atoms with Crippen LogP contribution >= 0.6 is 11.3 Å². The monoisotopic (exact) mass is 511 g/mol. The van der Waals surface area contributed by atoms with Crippen LogP contribution in [0.25, 0.3) is 10.4 Å². The number of sulfone groups is 1. The number of morpholine rings is 1. The Bertz CT molecular complexity index is 1310. The first-order chi connectivity index (χ1) is 16.8. The number of carbonyl (C=O) groups is 1. The molecule has 3 aromatic rings. The molecule has 0 bridgehead atoms. The Morgan fingerprint density at radius 3 is 2.54 bits per heavy atom. The lowest BCUT2D eigenvalue weighted by Gasteiger charge is -2.26. The van der Waals surface area contributed by atoms with E-state index >= 15 is 0 Å². The molecule has 184 valence electrons. The maximum Gasteiger partial charge on any atom is 0.311 e. The highest BCUT2D eigenvalue weighted by molar-refractivity contribution is 7.93. The molecule has 6 nitrogen and oxygen atoms in total. The lowest BCUT2D eigenvalue weighted by molar-refractivity contribution is -0.143. The summed E-state index contributed by atoms with van der Waals surface area (Å²) in [5.74, 6) is -2.01. The summed E-state index contributed by atoms with van der Waals surface area (Å²) in [6.45, 7) is 5.95. The minimum atomic E-state index is -3.78. The molecule has 2 aromatic carbocycles. The van der Waals surface area contributed by atoms with Crippen molar-refractivity contribution < 1.29 is 23.1 Å². The molecule has 8 heteroatoms. The summed E-state index contributed by atoms with van der Waals surface area (Å²) in [6.07, 6.45) is 0. The van der Waals surface area contributed by atoms with Crippen molar-refractivity contribution in [1.29, 1.82) is 0 Å². The number of aliphatic carboxylic acids is 1. The molecule has 35 heavy (non-hydrogen) atoms. The zero-order valence-corrected chi connectivity index (χ0v) is 21.2. The molecular weight excluding hydrogens is 482 g/mol. The summed E-state index contributed by atoms with van der Waals surface area (Å²) < 4.78 is 32.5. The highest BCUT2D eigenvalue weighted by Gasteiger charge is 2.69. The zero-order chi connectivity index (χ0) is 24.6. The Morgan fingerprint density at radius 2 is 1.83 bits per heavy atom. The first-order valence-electron chi connectivity index (χ1n) is 11.8. The number of benzene rings is 2. The van der Waals surface area contributed by atoms with Gasteiger partial charge in [0.1, 0.15) is 4.21 Å². The number of nitrogens with zero attached hydrogens (tertiary/aromatic N) is 1. The van der Waals surface area contributed by atoms with Gasteiger partial charge in [0.15, 0.2) is 9.84 Å². The highest BCUT2D eigenvalue weighted by Crippen LogP contribution is 2.65. The van der Waals surface area contributed by atoms with Gasteiger partial charge >= 0.3 is 5.97 Å². The molecule has 1 aliphatic carbocycles. The summed E-state index contributed by atoms with van der Waals surface area (Å²) in [6, 6.07) is 21.0. The highest BCUT2D eigenvalue weighted by atomic mass is 32.2. The van der Waals surface area contributed by atoms with E-state index in [1.54, 1.807) is 6.07 Å². The summed E-state index contributed by atoms with van der Waals surface area (Å²) in [7, 11) is -3.78. The molecule has 1 aromatic heterocycles. The molecule has 3 atom stereocenters. The number of hydrogen-bond acceptors (Lipinski definition) is 6. The average molecular weight is 512 g/mol. The van der Waals surface area contributed by atoms with Crippen molar-refractivity contribution in [2.75, 3.05) is 32.1 Å². The van der Waals surface area contributed by atoms with Gasteiger partial charge in [0, 0.05) is 30.4 Å². The molecule has 1 saturated carbocycles. The molecule has 1 saturated heterocycles. The Labute approximate surface area is 210 Å². The van der Waals surface area contributed by atoms with E-state index in [4.69, 9.17) is 4.74 Å². The van der Waals surface area contributed by atoms with Crippen LogP contribution in [0.2, 0.25) is 0 Å². The van der Waals surface area contributed by atoms with Gasteiger partial charge in [-0.15, -0.1) is 11.3 Å². The summed E-state index contributed by atoms with van der Waals surface area (Å²) >= 11 is 1.21. The second-order valence-electron chi connectivity index (χ2n) is 9.49. The maximum atomic E-state index is 13.4. The Morgan fingerprint density at radius 1 is 1.09 bits per heavy atom. The van der Waals surface area contributed by atoms with Gasteiger partial charge in [0.25, 0.3) is 0 Å². The number of carboxylic acids is 1. The first kappa shape index (κ1) is 24.2. The van der Waals surface area contributed by atoms with Crippen molar-refractivity contribution in [3.63, 3.8) is 0 Å². The minimum Gasteiger partial charge on any atom is -0.481 e. The molecule has 2 fully saturated rings. The molecule has 0 amide bonds. The molecule has 2 heterocycles. The van der Waals surface area contributed by atoms with Gasteiger partial charge in [-0.05, 0) is 40.8 Å². The lowest BCUT2D eigenvalue weighted by atomic mass is 10.0. The predicted octanol–water partition coefficient (Wildman–Crippen LogP) is 4.53. The van der Waals surface area contributed by atoms with Gasteiger partial charge in [-0.25, -0.2) is 8.42 Å². The van der Waals surface area contributed by atoms with Crippen LogP contribution in [-0.2, 0) is 25.9 Å². The zero-order valence-electron chi connectivity index (χ0n) is 19.6. The number of carboxylic acid groups (broad SMARTS) is 1. The fourth-order valence-electron chi connectivity index (χ4n) is 5.36. The largest absolute Gasteiger partial charge is 0.481 e. The SMILES string of the molecule is CC1[C@@H](c2ccccc2)C1(CS(=O)(=O)c1ccc(-c2cccc(CN3CCOCC3)c2)s1)C(=O)O. The minimum absolute atomic E-state index is 0.220. The van der Waals surface area contributed by atoms with E-state index in [0.717, 1.165) is 48.9 Å². The van der Waals surface area contributed by atoms with Crippen molar-refractivity contribution in [3.8, 4) is 10.4 Å². The van der Waals surface area contributed by atoms with E-state index in [1.807, 2.05) is 55.5 Å². The average Bonchev–Trinajstić information content (AvgIpc) is 3.20. The molecule has 2 unspecified atom stereocenters. The second kappa shape index (κ2) is 9.50. The van der Waals surface area contributed by atoms with Crippen LogP contribution in [0.3, 0.4) is 0 Å². The third-order valence-electron chi connectivity index (χ3n) is 7.35. The Hall–Kier alpha value is -2.52. The van der Waals surface area contributed by atoms with Crippen LogP contribution in [0, 0.1) is 11.3 Å². The van der Waals surface area contributed by atoms with Gasteiger partial charge in [0.2, 0.25) is 0 Å². The fraction of sp³-hybridized carbons (Fsp3) is 0.370. The summed E-state index contributed by atoms with van der Waals surface area (Å²) in [4.78, 5) is 15.5. The molecule has 1 N–H and O–H groups in total. The Balaban J connectivity index is 1.36. The van der Waals surface area contributed by atoms with E-state index in [-0.39, 0.29) is 16.0 Å². The second-order valence-corrected chi connectivity index (χ2v) is 12.8. The van der Waals surface area contributed by atoms with Crippen molar-refractivity contribution in [2.24, 2.45) is 11.3 Å². The van der Waals surface area contributed by atoms with Gasteiger partial charge in [-0.1, -0.05) is 55.5 Å². The lowest BCUT2D eigenvalue weighted by Crippen LogP contribution is -2.35. The third-order valence-corrected chi connectivity index (χ3v) is 10.9. The molecule has 5 rings (SSSR count). The van der Waals surface area contributed by atoms with E-state index < -0.39 is 27.0 Å². The van der Waals surface area contributed by atoms with Crippen molar-refractivity contribution in [3.05, 3.63) is 77.9 Å². The van der Waals surface area contributed by atoms with Gasteiger partial charge < -0.3 is 9.84 Å². The normalized spacial score (nSPS) is 24.8. The van der Waals surface area contributed by atoms with Crippen LogP contribution < -0.4 is 0 Å². The molecule has 0 radical (unpaired) electrons. The van der Waals surface area contributed by atoms with Crippen LogP contribution in [0.1, 0.15) is 24.0 Å². The first-order valence-corrected chi connectivity index (χ1v) is 14.3. The Kier molecular flexibility index (Phi) is 6.57. The number of thiophene rings is 1. The third kappa shape index (κ3) is 4.68. The van der Waals surface area contributed by atoms with Crippen LogP contribution in [0.15, 0.2) is 70.9 Å². The quantitative estimate of drug-likeness (QED) is 0.479.